The zero-order valence-electron chi connectivity index (χ0n) is 16.3. The third-order valence-electron chi connectivity index (χ3n) is 6.78. The average molecular weight is 398 g/mol. The molecule has 0 atom stereocenters. The summed E-state index contributed by atoms with van der Waals surface area (Å²) in [6, 6.07) is 8.03. The molecule has 1 aromatic carbocycles. The second-order valence-electron chi connectivity index (χ2n) is 9.07. The molecule has 4 aliphatic rings. The first-order valence-electron chi connectivity index (χ1n) is 10.4. The first kappa shape index (κ1) is 18.1. The maximum atomic E-state index is 13.1. The van der Waals surface area contributed by atoms with Gasteiger partial charge in [0.15, 0.2) is 0 Å². The smallest absolute Gasteiger partial charge is 0.232 e. The van der Waals surface area contributed by atoms with Crippen LogP contribution >= 0.6 is 11.3 Å². The summed E-state index contributed by atoms with van der Waals surface area (Å²) in [5.74, 6) is 3.35. The third kappa shape index (κ3) is 3.54. The van der Waals surface area contributed by atoms with Gasteiger partial charge in [0.05, 0.1) is 12.0 Å². The molecule has 2 aromatic rings. The minimum atomic E-state index is -0.144. The number of rotatable bonds is 6. The lowest BCUT2D eigenvalue weighted by Crippen LogP contribution is -2.51. The topological polar surface area (TPSA) is 64.1 Å². The molecule has 1 amide bonds. The predicted octanol–water partition coefficient (Wildman–Crippen LogP) is 4.62. The van der Waals surface area contributed by atoms with Gasteiger partial charge in [-0.15, -0.1) is 10.2 Å². The van der Waals surface area contributed by atoms with Crippen LogP contribution in [-0.2, 0) is 11.2 Å². The number of carbonyl (C=O) groups excluding carboxylic acids is 1. The van der Waals surface area contributed by atoms with E-state index in [2.05, 4.69) is 28.5 Å². The van der Waals surface area contributed by atoms with E-state index in [0.717, 1.165) is 47.8 Å². The third-order valence-corrected chi connectivity index (χ3v) is 7.68. The molecule has 4 bridgehead atoms. The molecule has 28 heavy (non-hydrogen) atoms. The van der Waals surface area contributed by atoms with Crippen LogP contribution in [0.1, 0.15) is 49.1 Å². The van der Waals surface area contributed by atoms with E-state index in [4.69, 9.17) is 4.74 Å². The average Bonchev–Trinajstić information content (AvgIpc) is 3.08. The maximum Gasteiger partial charge on any atom is 0.232 e. The molecule has 1 aromatic heterocycles. The van der Waals surface area contributed by atoms with Gasteiger partial charge in [0.1, 0.15) is 10.8 Å². The molecule has 0 unspecified atom stereocenters. The molecule has 0 aliphatic heterocycles. The highest BCUT2D eigenvalue weighted by Gasteiger charge is 2.54. The van der Waals surface area contributed by atoms with Crippen LogP contribution in [0.5, 0.6) is 5.75 Å². The van der Waals surface area contributed by atoms with Crippen LogP contribution in [0, 0.1) is 30.1 Å². The van der Waals surface area contributed by atoms with E-state index in [1.807, 2.05) is 18.2 Å². The molecule has 0 radical (unpaired) electrons. The molecule has 0 spiro atoms. The van der Waals surface area contributed by atoms with E-state index in [1.54, 1.807) is 0 Å². The van der Waals surface area contributed by atoms with E-state index in [9.17, 15) is 4.79 Å². The fourth-order valence-electron chi connectivity index (χ4n) is 5.98. The number of anilines is 1. The van der Waals surface area contributed by atoms with Crippen molar-refractivity contribution in [2.75, 3.05) is 11.9 Å². The number of carbonyl (C=O) groups is 1. The second kappa shape index (κ2) is 7.14. The van der Waals surface area contributed by atoms with Crippen LogP contribution in [0.15, 0.2) is 24.3 Å². The van der Waals surface area contributed by atoms with Gasteiger partial charge in [-0.1, -0.05) is 23.5 Å². The van der Waals surface area contributed by atoms with Crippen molar-refractivity contribution in [1.29, 1.82) is 0 Å². The van der Waals surface area contributed by atoms with Crippen molar-refractivity contribution in [3.63, 3.8) is 0 Å². The lowest BCUT2D eigenvalue weighted by Gasteiger charge is -2.55. The van der Waals surface area contributed by atoms with Crippen molar-refractivity contribution in [3.05, 3.63) is 34.8 Å². The lowest BCUT2D eigenvalue weighted by molar-refractivity contribution is -0.140. The summed E-state index contributed by atoms with van der Waals surface area (Å²) in [5.41, 5.74) is 1.04. The lowest BCUT2D eigenvalue weighted by atomic mass is 9.49. The Labute approximate surface area is 169 Å². The molecule has 148 valence electrons. The summed E-state index contributed by atoms with van der Waals surface area (Å²) in [6.07, 6.45) is 7.94. The highest BCUT2D eigenvalue weighted by molar-refractivity contribution is 7.15. The van der Waals surface area contributed by atoms with Crippen molar-refractivity contribution in [3.8, 4) is 5.75 Å². The number of aryl methyl sites for hydroxylation is 1. The van der Waals surface area contributed by atoms with Gasteiger partial charge in [-0.3, -0.25) is 4.79 Å². The van der Waals surface area contributed by atoms with Crippen LogP contribution in [0.3, 0.4) is 0 Å². The van der Waals surface area contributed by atoms with Crippen LogP contribution in [0.25, 0.3) is 0 Å². The summed E-state index contributed by atoms with van der Waals surface area (Å²) >= 11 is 1.47. The summed E-state index contributed by atoms with van der Waals surface area (Å²) in [5, 5.41) is 13.1. The zero-order valence-corrected chi connectivity index (χ0v) is 17.1. The number of amides is 1. The maximum absolute atomic E-state index is 13.1. The Morgan fingerprint density at radius 2 is 1.89 bits per heavy atom. The Morgan fingerprint density at radius 3 is 2.57 bits per heavy atom. The number of benzene rings is 1. The van der Waals surface area contributed by atoms with Crippen molar-refractivity contribution in [2.24, 2.45) is 23.2 Å². The molecule has 5 nitrogen and oxygen atoms in total. The second-order valence-corrected chi connectivity index (χ2v) is 10.1. The summed E-state index contributed by atoms with van der Waals surface area (Å²) in [7, 11) is 0. The molecule has 4 aliphatic carbocycles. The van der Waals surface area contributed by atoms with Crippen LogP contribution in [-0.4, -0.2) is 22.7 Å². The van der Waals surface area contributed by atoms with E-state index >= 15 is 0 Å². The van der Waals surface area contributed by atoms with Crippen LogP contribution in [0.4, 0.5) is 5.13 Å². The van der Waals surface area contributed by atoms with E-state index in [0.29, 0.717) is 18.2 Å². The van der Waals surface area contributed by atoms with Crippen LogP contribution in [0.2, 0.25) is 0 Å². The number of hydrogen-bond donors (Lipinski definition) is 1. The first-order chi connectivity index (χ1) is 13.6. The Morgan fingerprint density at radius 1 is 1.18 bits per heavy atom. The fourth-order valence-corrected chi connectivity index (χ4v) is 6.70. The molecule has 4 fully saturated rings. The fraction of sp³-hybridized carbons (Fsp3) is 0.591. The molecule has 6 heteroatoms. The summed E-state index contributed by atoms with van der Waals surface area (Å²) in [6.45, 7) is 2.61. The molecule has 4 saturated carbocycles. The quantitative estimate of drug-likeness (QED) is 0.772. The van der Waals surface area contributed by atoms with Gasteiger partial charge in [-0.25, -0.2) is 0 Å². The largest absolute Gasteiger partial charge is 0.493 e. The summed E-state index contributed by atoms with van der Waals surface area (Å²) < 4.78 is 5.80. The normalized spacial score (nSPS) is 30.4. The van der Waals surface area contributed by atoms with Gasteiger partial charge in [-0.05, 0) is 80.9 Å². The number of nitrogens with zero attached hydrogens (tertiary/aromatic N) is 2. The van der Waals surface area contributed by atoms with Crippen molar-refractivity contribution in [1.82, 2.24) is 10.2 Å². The van der Waals surface area contributed by atoms with Gasteiger partial charge in [0, 0.05) is 6.42 Å². The number of hydrogen-bond acceptors (Lipinski definition) is 5. The predicted molar refractivity (Wildman–Crippen MR) is 110 cm³/mol. The van der Waals surface area contributed by atoms with Crippen LogP contribution < -0.4 is 10.1 Å². The highest BCUT2D eigenvalue weighted by atomic mass is 32.1. The van der Waals surface area contributed by atoms with Gasteiger partial charge in [0.25, 0.3) is 0 Å². The number of aromatic nitrogens is 2. The Kier molecular flexibility index (Phi) is 4.62. The Hall–Kier alpha value is -1.95. The van der Waals surface area contributed by atoms with E-state index < -0.39 is 0 Å². The SMILES string of the molecule is Cc1cccc(OCCc2nnc(NC(=O)C34CC5CC(CC(C5)C3)C4)s2)c1. The highest BCUT2D eigenvalue weighted by Crippen LogP contribution is 2.60. The zero-order chi connectivity index (χ0) is 19.1. The molecule has 6 rings (SSSR count). The minimum absolute atomic E-state index is 0.144. The Bertz CT molecular complexity index is 843. The molecular weight excluding hydrogens is 370 g/mol. The van der Waals surface area contributed by atoms with Crippen molar-refractivity contribution in [2.45, 2.75) is 51.9 Å². The van der Waals surface area contributed by atoms with Gasteiger partial charge >= 0.3 is 0 Å². The molecule has 1 N–H and O–H groups in total. The first-order valence-corrected chi connectivity index (χ1v) is 11.2. The summed E-state index contributed by atoms with van der Waals surface area (Å²) in [4.78, 5) is 13.1. The van der Waals surface area contributed by atoms with Crippen molar-refractivity contribution >= 4 is 22.4 Å². The van der Waals surface area contributed by atoms with E-state index in [1.165, 1.54) is 36.2 Å². The Balaban J connectivity index is 1.17. The monoisotopic (exact) mass is 397 g/mol. The minimum Gasteiger partial charge on any atom is -0.493 e. The van der Waals surface area contributed by atoms with Gasteiger partial charge in [-0.2, -0.15) is 0 Å². The van der Waals surface area contributed by atoms with Crippen molar-refractivity contribution < 1.29 is 9.53 Å². The number of ether oxygens (including phenoxy) is 1. The molecule has 1 heterocycles. The standard InChI is InChI=1S/C22H27N3O2S/c1-14-3-2-4-18(7-14)27-6-5-19-24-25-21(28-19)23-20(26)22-11-15-8-16(12-22)10-17(9-15)13-22/h2-4,7,15-17H,5-6,8-13H2,1H3,(H,23,25,26). The van der Waals surface area contributed by atoms with Gasteiger partial charge < -0.3 is 10.1 Å². The molecule has 0 saturated heterocycles. The van der Waals surface area contributed by atoms with Gasteiger partial charge in [0.2, 0.25) is 11.0 Å². The van der Waals surface area contributed by atoms with E-state index in [-0.39, 0.29) is 11.3 Å². The molecular formula is C22H27N3O2S. The number of nitrogens with one attached hydrogen (secondary N) is 1.